The molecule has 6 heteroatoms. The van der Waals surface area contributed by atoms with Crippen molar-refractivity contribution in [2.24, 2.45) is 0 Å². The van der Waals surface area contributed by atoms with Crippen LogP contribution in [0.25, 0.3) is 22.3 Å². The predicted molar refractivity (Wildman–Crippen MR) is 93.4 cm³/mol. The third-order valence-electron chi connectivity index (χ3n) is 3.85. The lowest BCUT2D eigenvalue weighted by atomic mass is 9.96. The Balaban J connectivity index is 2.18. The summed E-state index contributed by atoms with van der Waals surface area (Å²) in [4.78, 5) is 18.8. The van der Waals surface area contributed by atoms with Crippen LogP contribution in [0.4, 0.5) is 0 Å². The third-order valence-corrected chi connectivity index (χ3v) is 3.85. The highest BCUT2D eigenvalue weighted by Gasteiger charge is 2.15. The molecular weight excluding hydrogens is 318 g/mol. The Hall–Kier alpha value is -3.59. The summed E-state index contributed by atoms with van der Waals surface area (Å²) in [6.07, 6.45) is 1.66. The summed E-state index contributed by atoms with van der Waals surface area (Å²) in [6.45, 7) is 1.72. The van der Waals surface area contributed by atoms with Crippen molar-refractivity contribution in [1.29, 1.82) is 5.26 Å². The largest absolute Gasteiger partial charge is 0.507 e. The first-order chi connectivity index (χ1) is 12.0. The van der Waals surface area contributed by atoms with Gasteiger partial charge in [-0.15, -0.1) is 0 Å². The van der Waals surface area contributed by atoms with E-state index < -0.39 is 5.56 Å². The second-order valence-corrected chi connectivity index (χ2v) is 5.50. The highest BCUT2D eigenvalue weighted by atomic mass is 16.5. The number of phenolic OH excluding ortho intramolecular Hbond substituents is 1. The molecule has 0 fully saturated rings. The topological polar surface area (TPSA) is 99.0 Å². The first-order valence-corrected chi connectivity index (χ1v) is 7.51. The maximum atomic E-state index is 12.0. The SMILES string of the molecule is COc1ccc(-c2ccc(O)c(-c3cc(C)[nH]c(=O)c3C#N)c2)cn1. The minimum Gasteiger partial charge on any atom is -0.507 e. The molecule has 1 aromatic carbocycles. The maximum Gasteiger partial charge on any atom is 0.266 e. The number of aromatic amines is 1. The van der Waals surface area contributed by atoms with E-state index in [1.807, 2.05) is 12.1 Å². The molecule has 0 aliphatic rings. The van der Waals surface area contributed by atoms with Crippen molar-refractivity contribution in [2.75, 3.05) is 7.11 Å². The third kappa shape index (κ3) is 3.08. The van der Waals surface area contributed by atoms with Gasteiger partial charge in [-0.1, -0.05) is 6.07 Å². The van der Waals surface area contributed by atoms with Crippen LogP contribution in [0.15, 0.2) is 47.4 Å². The fourth-order valence-corrected chi connectivity index (χ4v) is 2.62. The molecule has 0 radical (unpaired) electrons. The number of hydrogen-bond acceptors (Lipinski definition) is 5. The minimum absolute atomic E-state index is 0.00767. The van der Waals surface area contributed by atoms with E-state index in [4.69, 9.17) is 4.74 Å². The Morgan fingerprint density at radius 2 is 1.92 bits per heavy atom. The molecule has 6 nitrogen and oxygen atoms in total. The molecule has 3 aromatic rings. The Kier molecular flexibility index (Phi) is 4.23. The molecule has 2 aromatic heterocycles. The summed E-state index contributed by atoms with van der Waals surface area (Å²) in [5.41, 5.74) is 2.52. The second kappa shape index (κ2) is 6.49. The van der Waals surface area contributed by atoms with E-state index in [1.54, 1.807) is 44.5 Å². The van der Waals surface area contributed by atoms with Gasteiger partial charge in [0, 0.05) is 34.6 Å². The number of ether oxygens (including phenoxy) is 1. The zero-order chi connectivity index (χ0) is 18.0. The minimum atomic E-state index is -0.478. The van der Waals surface area contributed by atoms with Gasteiger partial charge in [-0.05, 0) is 36.8 Å². The Bertz CT molecular complexity index is 1030. The summed E-state index contributed by atoms with van der Waals surface area (Å²) in [7, 11) is 1.54. The van der Waals surface area contributed by atoms with Crippen LogP contribution in [0.5, 0.6) is 11.6 Å². The number of nitrogens with one attached hydrogen (secondary N) is 1. The lowest BCUT2D eigenvalue weighted by Crippen LogP contribution is -2.12. The molecule has 0 saturated carbocycles. The van der Waals surface area contributed by atoms with Gasteiger partial charge >= 0.3 is 0 Å². The smallest absolute Gasteiger partial charge is 0.266 e. The van der Waals surface area contributed by atoms with E-state index in [2.05, 4.69) is 9.97 Å². The maximum absolute atomic E-state index is 12.0. The van der Waals surface area contributed by atoms with Gasteiger partial charge < -0.3 is 14.8 Å². The normalized spacial score (nSPS) is 10.3. The molecule has 0 saturated heterocycles. The van der Waals surface area contributed by atoms with Crippen molar-refractivity contribution in [2.45, 2.75) is 6.92 Å². The number of nitrogens with zero attached hydrogens (tertiary/aromatic N) is 2. The van der Waals surface area contributed by atoms with Crippen LogP contribution in [-0.4, -0.2) is 22.2 Å². The number of methoxy groups -OCH3 is 1. The lowest BCUT2D eigenvalue weighted by Gasteiger charge is -2.10. The molecule has 0 atom stereocenters. The molecule has 3 rings (SSSR count). The molecule has 0 aliphatic heterocycles. The van der Waals surface area contributed by atoms with Crippen LogP contribution < -0.4 is 10.3 Å². The number of benzene rings is 1. The molecule has 0 amide bonds. The molecule has 0 bridgehead atoms. The predicted octanol–water partition coefficient (Wildman–Crippen LogP) is 3.00. The number of rotatable bonds is 3. The number of aromatic nitrogens is 2. The first-order valence-electron chi connectivity index (χ1n) is 7.51. The number of nitriles is 1. The van der Waals surface area contributed by atoms with E-state index in [-0.39, 0.29) is 11.3 Å². The lowest BCUT2D eigenvalue weighted by molar-refractivity contribution is 0.398. The first kappa shape index (κ1) is 16.3. The molecule has 2 N–H and O–H groups in total. The number of hydrogen-bond donors (Lipinski definition) is 2. The summed E-state index contributed by atoms with van der Waals surface area (Å²) >= 11 is 0. The van der Waals surface area contributed by atoms with Gasteiger partial charge in [0.1, 0.15) is 17.4 Å². The standard InChI is InChI=1S/C19H15N3O3/c1-11-7-14(16(9-20)19(24)22-11)15-8-12(3-5-17(15)23)13-4-6-18(25-2)21-10-13/h3-8,10,23H,1-2H3,(H,22,24). The number of pyridine rings is 2. The average molecular weight is 333 g/mol. The average Bonchev–Trinajstić information content (AvgIpc) is 2.61. The zero-order valence-electron chi connectivity index (χ0n) is 13.7. The Morgan fingerprint density at radius 3 is 2.56 bits per heavy atom. The Morgan fingerprint density at radius 1 is 1.16 bits per heavy atom. The summed E-state index contributed by atoms with van der Waals surface area (Å²) in [5, 5.41) is 19.6. The fourth-order valence-electron chi connectivity index (χ4n) is 2.62. The van der Waals surface area contributed by atoms with Crippen LogP contribution in [0.2, 0.25) is 0 Å². The van der Waals surface area contributed by atoms with Crippen LogP contribution in [0.3, 0.4) is 0 Å². The molecule has 0 unspecified atom stereocenters. The molecular formula is C19H15N3O3. The molecule has 0 spiro atoms. The highest BCUT2D eigenvalue weighted by Crippen LogP contribution is 2.34. The molecule has 124 valence electrons. The quantitative estimate of drug-likeness (QED) is 0.767. The van der Waals surface area contributed by atoms with Crippen molar-refractivity contribution in [1.82, 2.24) is 9.97 Å². The van der Waals surface area contributed by atoms with Gasteiger partial charge in [-0.25, -0.2) is 4.98 Å². The van der Waals surface area contributed by atoms with Crippen molar-refractivity contribution in [3.05, 3.63) is 64.2 Å². The number of aryl methyl sites for hydroxylation is 1. The monoisotopic (exact) mass is 333 g/mol. The van der Waals surface area contributed by atoms with Crippen LogP contribution in [0.1, 0.15) is 11.3 Å². The van der Waals surface area contributed by atoms with Crippen molar-refractivity contribution in [3.63, 3.8) is 0 Å². The second-order valence-electron chi connectivity index (χ2n) is 5.50. The molecule has 0 aliphatic carbocycles. The van der Waals surface area contributed by atoms with Crippen LogP contribution in [0, 0.1) is 18.3 Å². The van der Waals surface area contributed by atoms with E-state index in [1.165, 1.54) is 6.07 Å². The number of phenols is 1. The highest BCUT2D eigenvalue weighted by molar-refractivity contribution is 5.80. The van der Waals surface area contributed by atoms with Gasteiger partial charge in [0.15, 0.2) is 0 Å². The fraction of sp³-hybridized carbons (Fsp3) is 0.105. The van der Waals surface area contributed by atoms with Crippen LogP contribution >= 0.6 is 0 Å². The summed E-state index contributed by atoms with van der Waals surface area (Å²) < 4.78 is 5.05. The van der Waals surface area contributed by atoms with Crippen molar-refractivity contribution >= 4 is 0 Å². The molecule has 25 heavy (non-hydrogen) atoms. The molecule has 2 heterocycles. The summed E-state index contributed by atoms with van der Waals surface area (Å²) in [5.74, 6) is 0.492. The van der Waals surface area contributed by atoms with Gasteiger partial charge in [-0.3, -0.25) is 4.79 Å². The summed E-state index contributed by atoms with van der Waals surface area (Å²) in [6, 6.07) is 12.2. The Labute approximate surface area is 144 Å². The van der Waals surface area contributed by atoms with E-state index in [0.29, 0.717) is 22.7 Å². The zero-order valence-corrected chi connectivity index (χ0v) is 13.7. The van der Waals surface area contributed by atoms with E-state index in [9.17, 15) is 15.2 Å². The van der Waals surface area contributed by atoms with Crippen molar-refractivity contribution < 1.29 is 9.84 Å². The number of aromatic hydroxyl groups is 1. The van der Waals surface area contributed by atoms with Gasteiger partial charge in [0.25, 0.3) is 5.56 Å². The van der Waals surface area contributed by atoms with Crippen molar-refractivity contribution in [3.8, 4) is 40.0 Å². The van der Waals surface area contributed by atoms with E-state index >= 15 is 0 Å². The van der Waals surface area contributed by atoms with Gasteiger partial charge in [0.2, 0.25) is 5.88 Å². The van der Waals surface area contributed by atoms with E-state index in [0.717, 1.165) is 11.1 Å². The number of H-pyrrole nitrogens is 1. The van der Waals surface area contributed by atoms with Gasteiger partial charge in [-0.2, -0.15) is 5.26 Å². The van der Waals surface area contributed by atoms with Gasteiger partial charge in [0.05, 0.1) is 7.11 Å². The van der Waals surface area contributed by atoms with Crippen LogP contribution in [-0.2, 0) is 0 Å².